The molecule has 0 radical (unpaired) electrons. The van der Waals surface area contributed by atoms with E-state index in [-0.39, 0.29) is 48.1 Å². The second-order valence-corrected chi connectivity index (χ2v) is 36.0. The number of ether oxygens (including phenoxy) is 2. The first-order valence-electron chi connectivity index (χ1n) is 47.3. The van der Waals surface area contributed by atoms with Gasteiger partial charge in [0.2, 0.25) is 11.8 Å². The van der Waals surface area contributed by atoms with Gasteiger partial charge in [0.05, 0.1) is 87.0 Å². The van der Waals surface area contributed by atoms with Gasteiger partial charge in [-0.05, 0) is 207 Å². The average Bonchev–Trinajstić information content (AvgIpc) is 1.42. The lowest BCUT2D eigenvalue weighted by Gasteiger charge is -2.47. The van der Waals surface area contributed by atoms with Crippen LogP contribution in [0.5, 0.6) is 11.5 Å². The third-order valence-electron chi connectivity index (χ3n) is 26.5. The topological polar surface area (TPSA) is 158 Å². The molecular weight excluding hydrogens is 1670 g/mol. The third-order valence-corrected chi connectivity index (χ3v) is 27.6. The number of piperazine rings is 1. The zero-order valence-electron chi connectivity index (χ0n) is 76.3. The minimum atomic E-state index is -0.161. The molecule has 3 atom stereocenters. The van der Waals surface area contributed by atoms with Crippen molar-refractivity contribution in [3.05, 3.63) is 393 Å². The molecule has 2 amide bonds. The van der Waals surface area contributed by atoms with Crippen molar-refractivity contribution in [3.8, 4) is 56.3 Å². The van der Waals surface area contributed by atoms with E-state index in [1.807, 2.05) is 216 Å². The van der Waals surface area contributed by atoms with E-state index in [4.69, 9.17) is 19.4 Å². The van der Waals surface area contributed by atoms with E-state index in [1.54, 1.807) is 13.1 Å². The smallest absolute Gasteiger partial charge is 0.314 e. The summed E-state index contributed by atoms with van der Waals surface area (Å²) in [5.41, 5.74) is 23.3. The molecule has 134 heavy (non-hydrogen) atoms. The Morgan fingerprint density at radius 2 is 1.00 bits per heavy atom. The van der Waals surface area contributed by atoms with Gasteiger partial charge in [0, 0.05) is 70.1 Å². The fourth-order valence-corrected chi connectivity index (χ4v) is 20.9. The van der Waals surface area contributed by atoms with Gasteiger partial charge in [-0.3, -0.25) is 19.2 Å². The molecule has 3 aromatic heterocycles. The quantitative estimate of drug-likeness (QED) is 0.113. The number of nitrogens with zero attached hydrogens (tertiary/aromatic N) is 9. The molecule has 0 spiro atoms. The Morgan fingerprint density at radius 3 is 1.60 bits per heavy atom. The van der Waals surface area contributed by atoms with Crippen LogP contribution in [-0.2, 0) is 32.0 Å². The number of carbonyl (C=O) groups is 4. The van der Waals surface area contributed by atoms with Crippen molar-refractivity contribution in [1.82, 2.24) is 34.3 Å². The highest BCUT2D eigenvalue weighted by atomic mass is 32.2. The SMILES string of the molecule is C=C1OC(=O)CC2CCc3ccccc3N12.CC.CC(=O)c1cnn2c1ccc1ccccc12.O=C(C1CCCCC1)N1CC(=O)N2CCc3ccccc3C2C1.c1ccc(-c2cccc(-c3ccccc3)c2)cc1.c1ccc(-c2nc3ccccc3nc2-c2ccccc2)cc1.c1ccc2c(c1)Nc1ccccc1O2.c1ccc2c(c1)Sc1ccccc1N2CC1CN2CCC1CC2. The molecule has 5 saturated heterocycles. The van der Waals surface area contributed by atoms with Crippen LogP contribution in [0.25, 0.3) is 72.2 Å². The maximum absolute atomic E-state index is 12.8. The van der Waals surface area contributed by atoms with Gasteiger partial charge >= 0.3 is 5.97 Å². The second kappa shape index (κ2) is 42.8. The number of rotatable bonds is 8. The number of amides is 2. The average molecular weight is 1790 g/mol. The van der Waals surface area contributed by atoms with Gasteiger partial charge in [-0.2, -0.15) is 5.10 Å². The molecule has 9 aliphatic heterocycles. The fourth-order valence-electron chi connectivity index (χ4n) is 19.8. The summed E-state index contributed by atoms with van der Waals surface area (Å²) in [5, 5.41) is 8.70. The Morgan fingerprint density at radius 1 is 0.478 bits per heavy atom. The molecule has 26 rings (SSSR count). The Kier molecular flexibility index (Phi) is 28.8. The number of cyclic esters (lactones) is 1. The minimum absolute atomic E-state index is 0.0466. The first-order valence-corrected chi connectivity index (χ1v) is 48.1. The molecule has 672 valence electrons. The van der Waals surface area contributed by atoms with E-state index in [0.29, 0.717) is 24.4 Å². The molecule has 6 fully saturated rings. The number of piperidine rings is 3. The number of Topliss-reactive ketones (excluding diaryl/α,β-unsaturated/α-hetero) is 1. The van der Waals surface area contributed by atoms with Crippen LogP contribution < -0.4 is 19.9 Å². The van der Waals surface area contributed by atoms with Crippen LogP contribution in [0.4, 0.5) is 28.4 Å². The van der Waals surface area contributed by atoms with Gasteiger partial charge in [-0.15, -0.1) is 0 Å². The summed E-state index contributed by atoms with van der Waals surface area (Å²) in [4.78, 5) is 71.8. The van der Waals surface area contributed by atoms with Crippen molar-refractivity contribution < 1.29 is 28.7 Å². The molecule has 3 unspecified atom stereocenters. The Bertz CT molecular complexity index is 6540. The highest BCUT2D eigenvalue weighted by Gasteiger charge is 2.42. The summed E-state index contributed by atoms with van der Waals surface area (Å²) in [7, 11) is 0. The van der Waals surface area contributed by atoms with Crippen LogP contribution in [-0.4, -0.2) is 110 Å². The Hall–Kier alpha value is -14.5. The van der Waals surface area contributed by atoms with Gasteiger partial charge < -0.3 is 39.3 Å². The molecular formula is C117H112N10O6S. The summed E-state index contributed by atoms with van der Waals surface area (Å²) in [6, 6.07) is 120. The van der Waals surface area contributed by atoms with Crippen molar-refractivity contribution >= 4 is 91.2 Å². The second-order valence-electron chi connectivity index (χ2n) is 34.9. The van der Waals surface area contributed by atoms with Crippen molar-refractivity contribution in [1.29, 1.82) is 0 Å². The predicted octanol–water partition coefficient (Wildman–Crippen LogP) is 26.6. The zero-order chi connectivity index (χ0) is 91.6. The van der Waals surface area contributed by atoms with Gasteiger partial charge in [0.25, 0.3) is 0 Å². The highest BCUT2D eigenvalue weighted by molar-refractivity contribution is 7.99. The maximum Gasteiger partial charge on any atom is 0.314 e. The number of carbonyl (C=O) groups excluding carboxylic acids is 4. The van der Waals surface area contributed by atoms with E-state index in [1.165, 1.54) is 99.0 Å². The van der Waals surface area contributed by atoms with E-state index in [2.05, 4.69) is 208 Å². The number of para-hydroxylation sites is 10. The number of benzene rings is 13. The molecule has 10 aliphatic rings. The third kappa shape index (κ3) is 20.7. The van der Waals surface area contributed by atoms with Crippen LogP contribution in [0.3, 0.4) is 0 Å². The van der Waals surface area contributed by atoms with Crippen molar-refractivity contribution in [2.75, 3.05) is 60.9 Å². The van der Waals surface area contributed by atoms with Gasteiger partial charge in [0.1, 0.15) is 0 Å². The van der Waals surface area contributed by atoms with Crippen LogP contribution in [0, 0.1) is 17.8 Å². The van der Waals surface area contributed by atoms with E-state index >= 15 is 0 Å². The van der Waals surface area contributed by atoms with Gasteiger partial charge in [-0.1, -0.05) is 312 Å². The number of nitrogens with one attached hydrogen (secondary N) is 1. The van der Waals surface area contributed by atoms with E-state index < -0.39 is 0 Å². The molecule has 16 aromatic rings. The summed E-state index contributed by atoms with van der Waals surface area (Å²) < 4.78 is 12.6. The summed E-state index contributed by atoms with van der Waals surface area (Å²) in [5.74, 6) is 4.31. The molecule has 12 heterocycles. The highest BCUT2D eigenvalue weighted by Crippen LogP contribution is 2.50. The number of aryl methyl sites for hydroxylation is 1. The number of fused-ring (bicyclic) bond motifs is 17. The number of anilines is 5. The molecule has 1 N–H and O–H groups in total. The standard InChI is InChI=1S/C20H22N2S.C20H14N2.C19H24N2O2.C18H14.C13H10N2O.C13H13NO2.C12H9NO.C2H6/c1-3-7-19-17(5-1)22(18-6-2-4-8-20(18)23-19)14-16-13-21-11-9-15(16)10-12-21;1-3-9-15(10-4-1)19-20(16-11-5-2-6-12-16)22-18-14-8-7-13-17(18)21-19;22-18-13-20(19(23)15-7-2-1-3-8-15)12-17-16-9-5-4-6-14(16)10-11-21(17)18;1-3-8-15(9-4-1)17-12-7-13-18(14-17)16-10-5-2-6-11-16;1-9(16)11-8-14-15-12-5-3-2-4-10(12)6-7-13(11)15;1-9-14-11(8-13(15)16-9)7-6-10-4-2-3-5-12(10)14;1-3-7-11-9(5-1)13-10-6-2-4-8-12(10)14-11;1-2/h1-8,15-16H,9-14H2;1-14H;4-6,9,15,17H,1-3,7-8,10-13H2;1-14H;2-8H,1H3;2-5,11H,1,6-8H2;1-8,13H;1-2H3. The summed E-state index contributed by atoms with van der Waals surface area (Å²) in [6.07, 6.45) is 13.4. The summed E-state index contributed by atoms with van der Waals surface area (Å²) in [6.45, 7) is 16.2. The van der Waals surface area contributed by atoms with Crippen molar-refractivity contribution in [2.24, 2.45) is 17.8 Å². The Balaban J connectivity index is 0.000000105. The number of aromatic nitrogens is 4. The van der Waals surface area contributed by atoms with Crippen LogP contribution in [0.1, 0.15) is 112 Å². The van der Waals surface area contributed by atoms with E-state index in [0.717, 1.165) is 148 Å². The monoisotopic (exact) mass is 1780 g/mol. The number of pyridine rings is 1. The zero-order valence-corrected chi connectivity index (χ0v) is 77.1. The lowest BCUT2D eigenvalue weighted by molar-refractivity contribution is -0.152. The minimum Gasteiger partial charge on any atom is -0.453 e. The number of esters is 1. The van der Waals surface area contributed by atoms with Crippen molar-refractivity contribution in [2.45, 2.75) is 113 Å². The molecule has 1 saturated carbocycles. The normalized spacial score (nSPS) is 17.7. The first-order chi connectivity index (χ1) is 65.9. The molecule has 13 aromatic carbocycles. The number of hydrogen-bond acceptors (Lipinski definition) is 14. The summed E-state index contributed by atoms with van der Waals surface area (Å²) >= 11 is 1.91. The largest absolute Gasteiger partial charge is 0.453 e. The van der Waals surface area contributed by atoms with Crippen LogP contribution in [0.2, 0.25) is 0 Å². The van der Waals surface area contributed by atoms with Gasteiger partial charge in [0.15, 0.2) is 23.2 Å². The Labute approximate surface area is 790 Å². The fraction of sp³-hybridized carbons (Fsp3) is 0.222. The first kappa shape index (κ1) is 90.0. The maximum atomic E-state index is 12.8. The van der Waals surface area contributed by atoms with E-state index in [9.17, 15) is 19.2 Å². The van der Waals surface area contributed by atoms with Crippen LogP contribution >= 0.6 is 11.8 Å². The lowest BCUT2D eigenvalue weighted by atomic mass is 9.78. The molecule has 17 heteroatoms. The molecule has 1 aliphatic carbocycles. The number of hydrogen-bond donors (Lipinski definition) is 1. The molecule has 16 nitrogen and oxygen atoms in total. The van der Waals surface area contributed by atoms with Gasteiger partial charge in [-0.25, -0.2) is 14.5 Å². The molecule has 2 bridgehead atoms. The lowest BCUT2D eigenvalue weighted by Crippen LogP contribution is -2.56. The number of ketones is 1. The van der Waals surface area contributed by atoms with Crippen LogP contribution in [0.15, 0.2) is 380 Å². The van der Waals surface area contributed by atoms with Crippen molar-refractivity contribution in [3.63, 3.8) is 0 Å². The predicted molar refractivity (Wildman–Crippen MR) is 543 cm³/mol.